The number of aromatic amines is 1. The van der Waals surface area contributed by atoms with Crippen molar-refractivity contribution in [3.63, 3.8) is 0 Å². The quantitative estimate of drug-likeness (QED) is 0.611. The molecule has 0 atom stereocenters. The Kier molecular flexibility index (Phi) is 5.99. The van der Waals surface area contributed by atoms with Gasteiger partial charge in [0.05, 0.1) is 24.1 Å². The van der Waals surface area contributed by atoms with Crippen molar-refractivity contribution in [1.29, 1.82) is 0 Å². The van der Waals surface area contributed by atoms with Gasteiger partial charge in [-0.05, 0) is 36.9 Å². The van der Waals surface area contributed by atoms with Gasteiger partial charge < -0.3 is 19.9 Å². The first-order valence-corrected chi connectivity index (χ1v) is 11.5. The normalized spacial score (nSPS) is 15.8. The molecule has 2 heterocycles. The molecule has 0 spiro atoms. The third-order valence-corrected chi connectivity index (χ3v) is 7.47. The maximum atomic E-state index is 13.1. The number of piperazine rings is 1. The third-order valence-electron chi connectivity index (χ3n) is 5.57. The van der Waals surface area contributed by atoms with Crippen molar-refractivity contribution in [3.8, 4) is 5.75 Å². The molecular weight excluding hydrogens is 416 g/mol. The molecule has 9 heteroatoms. The molecule has 0 aliphatic carbocycles. The number of amides is 1. The van der Waals surface area contributed by atoms with E-state index in [-0.39, 0.29) is 17.2 Å². The number of H-pyrrole nitrogens is 1. The van der Waals surface area contributed by atoms with Crippen LogP contribution < -0.4 is 10.1 Å². The number of hydrogen-bond acceptors (Lipinski definition) is 5. The number of likely N-dealkylation sites (N-methyl/N-ethyl adjacent to an activating group) is 1. The van der Waals surface area contributed by atoms with Crippen molar-refractivity contribution in [3.05, 3.63) is 54.2 Å². The van der Waals surface area contributed by atoms with Gasteiger partial charge in [0.25, 0.3) is 0 Å². The molecule has 1 amide bonds. The summed E-state index contributed by atoms with van der Waals surface area (Å²) in [6.07, 6.45) is 1.97. The molecule has 2 aromatic carbocycles. The predicted molar refractivity (Wildman–Crippen MR) is 120 cm³/mol. The fourth-order valence-electron chi connectivity index (χ4n) is 3.77. The van der Waals surface area contributed by atoms with Gasteiger partial charge in [-0.3, -0.25) is 4.79 Å². The van der Waals surface area contributed by atoms with Gasteiger partial charge in [0, 0.05) is 43.3 Å². The zero-order valence-electron chi connectivity index (χ0n) is 17.6. The van der Waals surface area contributed by atoms with Crippen LogP contribution in [0.25, 0.3) is 10.9 Å². The SMILES string of the molecule is COc1ccc(S(=O)(=O)N2CCN(C)CC2)cc1NC(=O)Cc1c[nH]c2ccccc12. The van der Waals surface area contributed by atoms with Crippen LogP contribution in [0.2, 0.25) is 0 Å². The Bertz CT molecular complexity index is 1200. The lowest BCUT2D eigenvalue weighted by molar-refractivity contribution is -0.115. The van der Waals surface area contributed by atoms with Crippen LogP contribution in [-0.4, -0.2) is 68.9 Å². The maximum Gasteiger partial charge on any atom is 0.243 e. The highest BCUT2D eigenvalue weighted by molar-refractivity contribution is 7.89. The number of aromatic nitrogens is 1. The molecule has 4 rings (SSSR count). The van der Waals surface area contributed by atoms with E-state index in [1.165, 1.54) is 23.5 Å². The standard InChI is InChI=1S/C22H26N4O4S/c1-25-9-11-26(12-10-25)31(28,29)17-7-8-21(30-2)20(14-17)24-22(27)13-16-15-23-19-6-4-3-5-18(16)19/h3-8,14-15,23H,9-13H2,1-2H3,(H,24,27). The van der Waals surface area contributed by atoms with Crippen LogP contribution in [0.5, 0.6) is 5.75 Å². The number of carbonyl (C=O) groups is 1. The molecule has 0 saturated carbocycles. The van der Waals surface area contributed by atoms with E-state index >= 15 is 0 Å². The number of anilines is 1. The molecule has 0 unspecified atom stereocenters. The minimum Gasteiger partial charge on any atom is -0.495 e. The van der Waals surface area contributed by atoms with Gasteiger partial charge in [0.2, 0.25) is 15.9 Å². The molecular formula is C22H26N4O4S. The number of benzene rings is 2. The van der Waals surface area contributed by atoms with Crippen LogP contribution in [0.3, 0.4) is 0 Å². The zero-order valence-corrected chi connectivity index (χ0v) is 18.4. The summed E-state index contributed by atoms with van der Waals surface area (Å²) in [7, 11) is -0.196. The topological polar surface area (TPSA) is 94.7 Å². The Labute approximate surface area is 181 Å². The first-order chi connectivity index (χ1) is 14.9. The van der Waals surface area contributed by atoms with Crippen molar-refractivity contribution < 1.29 is 17.9 Å². The van der Waals surface area contributed by atoms with Gasteiger partial charge in [-0.1, -0.05) is 18.2 Å². The van der Waals surface area contributed by atoms with E-state index < -0.39 is 10.0 Å². The van der Waals surface area contributed by atoms with E-state index in [0.717, 1.165) is 16.5 Å². The van der Waals surface area contributed by atoms with E-state index in [1.807, 2.05) is 37.5 Å². The fraction of sp³-hybridized carbons (Fsp3) is 0.318. The molecule has 3 aromatic rings. The second-order valence-electron chi connectivity index (χ2n) is 7.65. The Morgan fingerprint density at radius 3 is 2.61 bits per heavy atom. The first kappa shape index (κ1) is 21.4. The summed E-state index contributed by atoms with van der Waals surface area (Å²) >= 11 is 0. The molecule has 1 fully saturated rings. The Morgan fingerprint density at radius 1 is 1.13 bits per heavy atom. The van der Waals surface area contributed by atoms with Crippen molar-refractivity contribution in [1.82, 2.24) is 14.2 Å². The number of methoxy groups -OCH3 is 1. The molecule has 1 saturated heterocycles. The molecule has 0 bridgehead atoms. The Hall–Kier alpha value is -2.88. The van der Waals surface area contributed by atoms with Crippen LogP contribution in [0, 0.1) is 0 Å². The number of hydrogen-bond donors (Lipinski definition) is 2. The van der Waals surface area contributed by atoms with E-state index in [4.69, 9.17) is 4.74 Å². The molecule has 8 nitrogen and oxygen atoms in total. The average molecular weight is 443 g/mol. The number of sulfonamides is 1. The summed E-state index contributed by atoms with van der Waals surface area (Å²) < 4.78 is 33.0. The second-order valence-corrected chi connectivity index (χ2v) is 9.59. The van der Waals surface area contributed by atoms with Crippen molar-refractivity contribution >= 4 is 32.5 Å². The number of rotatable bonds is 6. The minimum absolute atomic E-state index is 0.139. The number of carbonyl (C=O) groups excluding carboxylic acids is 1. The lowest BCUT2D eigenvalue weighted by Crippen LogP contribution is -2.47. The maximum absolute atomic E-state index is 13.1. The lowest BCUT2D eigenvalue weighted by Gasteiger charge is -2.31. The van der Waals surface area contributed by atoms with Gasteiger partial charge >= 0.3 is 0 Å². The highest BCUT2D eigenvalue weighted by Crippen LogP contribution is 2.30. The summed E-state index contributed by atoms with van der Waals surface area (Å²) in [6.45, 7) is 2.24. The number of fused-ring (bicyclic) bond motifs is 1. The number of para-hydroxylation sites is 1. The Morgan fingerprint density at radius 2 is 1.87 bits per heavy atom. The van der Waals surface area contributed by atoms with Crippen molar-refractivity contribution in [2.75, 3.05) is 45.7 Å². The number of nitrogens with zero attached hydrogens (tertiary/aromatic N) is 2. The molecule has 31 heavy (non-hydrogen) atoms. The van der Waals surface area contributed by atoms with Crippen LogP contribution in [0.4, 0.5) is 5.69 Å². The van der Waals surface area contributed by atoms with Gasteiger partial charge in [0.15, 0.2) is 0 Å². The number of nitrogens with one attached hydrogen (secondary N) is 2. The third kappa shape index (κ3) is 4.43. The van der Waals surface area contributed by atoms with E-state index in [9.17, 15) is 13.2 Å². The molecule has 0 radical (unpaired) electrons. The van der Waals surface area contributed by atoms with E-state index in [2.05, 4.69) is 15.2 Å². The van der Waals surface area contributed by atoms with Gasteiger partial charge in [-0.2, -0.15) is 4.31 Å². The summed E-state index contributed by atoms with van der Waals surface area (Å²) in [4.78, 5) is 18.1. The molecule has 1 aliphatic heterocycles. The summed E-state index contributed by atoms with van der Waals surface area (Å²) in [5.74, 6) is 0.154. The second kappa shape index (κ2) is 8.70. The molecule has 1 aliphatic rings. The number of ether oxygens (including phenoxy) is 1. The van der Waals surface area contributed by atoms with Crippen molar-refractivity contribution in [2.24, 2.45) is 0 Å². The highest BCUT2D eigenvalue weighted by atomic mass is 32.2. The van der Waals surface area contributed by atoms with Gasteiger partial charge in [-0.15, -0.1) is 0 Å². The van der Waals surface area contributed by atoms with Crippen LogP contribution in [-0.2, 0) is 21.2 Å². The minimum atomic E-state index is -3.65. The van der Waals surface area contributed by atoms with Crippen LogP contribution >= 0.6 is 0 Å². The predicted octanol–water partition coefficient (Wildman–Crippen LogP) is 2.29. The van der Waals surface area contributed by atoms with Crippen LogP contribution in [0.15, 0.2) is 53.6 Å². The lowest BCUT2D eigenvalue weighted by atomic mass is 10.1. The van der Waals surface area contributed by atoms with E-state index in [1.54, 1.807) is 6.07 Å². The van der Waals surface area contributed by atoms with Gasteiger partial charge in [0.1, 0.15) is 5.75 Å². The summed E-state index contributed by atoms with van der Waals surface area (Å²) in [6, 6.07) is 12.3. The fourth-order valence-corrected chi connectivity index (χ4v) is 5.22. The average Bonchev–Trinajstić information content (AvgIpc) is 3.16. The van der Waals surface area contributed by atoms with Crippen molar-refractivity contribution in [2.45, 2.75) is 11.3 Å². The smallest absolute Gasteiger partial charge is 0.243 e. The molecule has 164 valence electrons. The molecule has 2 N–H and O–H groups in total. The zero-order chi connectivity index (χ0) is 22.0. The summed E-state index contributed by atoms with van der Waals surface area (Å²) in [5.41, 5.74) is 2.17. The Balaban J connectivity index is 1.55. The molecule has 1 aromatic heterocycles. The highest BCUT2D eigenvalue weighted by Gasteiger charge is 2.28. The largest absolute Gasteiger partial charge is 0.495 e. The van der Waals surface area contributed by atoms with E-state index in [0.29, 0.717) is 37.6 Å². The summed E-state index contributed by atoms with van der Waals surface area (Å²) in [5, 5.41) is 3.80. The van der Waals surface area contributed by atoms with Crippen LogP contribution in [0.1, 0.15) is 5.56 Å². The first-order valence-electron chi connectivity index (χ1n) is 10.1. The van der Waals surface area contributed by atoms with Gasteiger partial charge in [-0.25, -0.2) is 8.42 Å². The monoisotopic (exact) mass is 442 g/mol.